The number of para-hydroxylation sites is 1. The van der Waals surface area contributed by atoms with E-state index in [0.717, 1.165) is 0 Å². The highest BCUT2D eigenvalue weighted by Gasteiger charge is 2.13. The van der Waals surface area contributed by atoms with Gasteiger partial charge < -0.3 is 4.57 Å². The zero-order valence-electron chi connectivity index (χ0n) is 9.03. The van der Waals surface area contributed by atoms with Crippen LogP contribution in [0.4, 0.5) is 4.39 Å². The Morgan fingerprint density at radius 2 is 2.31 bits per heavy atom. The molecule has 0 aliphatic carbocycles. The molecule has 2 nitrogen and oxygen atoms in total. The summed E-state index contributed by atoms with van der Waals surface area (Å²) in [5, 5.41) is 0.661. The van der Waals surface area contributed by atoms with Crippen LogP contribution in [-0.2, 0) is 6.54 Å². The van der Waals surface area contributed by atoms with Crippen molar-refractivity contribution >= 4 is 16.7 Å². The molecule has 0 bridgehead atoms. The second kappa shape index (κ2) is 3.93. The second-order valence-corrected chi connectivity index (χ2v) is 3.68. The van der Waals surface area contributed by atoms with Gasteiger partial charge in [-0.25, -0.2) is 4.39 Å². The summed E-state index contributed by atoms with van der Waals surface area (Å²) in [6, 6.07) is 4.77. The van der Waals surface area contributed by atoms with Crippen LogP contribution in [0, 0.1) is 5.82 Å². The number of nitrogens with zero attached hydrogens (tertiary/aromatic N) is 1. The molecule has 0 saturated heterocycles. The minimum atomic E-state index is -0.313. The van der Waals surface area contributed by atoms with Crippen LogP contribution in [0.5, 0.6) is 0 Å². The molecule has 0 radical (unpaired) electrons. The number of aromatic nitrogens is 1. The molecule has 0 aliphatic heterocycles. The number of Topliss-reactive ketones (excluding diaryl/α,β-unsaturated/α-hetero) is 1. The number of carbonyl (C=O) groups excluding carboxylic acids is 1. The van der Waals surface area contributed by atoms with Crippen LogP contribution in [0.3, 0.4) is 0 Å². The molecule has 0 N–H and O–H groups in total. The predicted molar refractivity (Wildman–Crippen MR) is 62.1 cm³/mol. The average Bonchev–Trinajstić information content (AvgIpc) is 2.59. The third-order valence-electron chi connectivity index (χ3n) is 2.55. The minimum absolute atomic E-state index is 0.0570. The molecule has 1 heterocycles. The summed E-state index contributed by atoms with van der Waals surface area (Å²) < 4.78 is 15.4. The van der Waals surface area contributed by atoms with Gasteiger partial charge in [0, 0.05) is 23.7 Å². The minimum Gasteiger partial charge on any atom is -0.341 e. The van der Waals surface area contributed by atoms with Crippen LogP contribution >= 0.6 is 0 Å². The third kappa shape index (κ3) is 1.54. The maximum Gasteiger partial charge on any atom is 0.161 e. The van der Waals surface area contributed by atoms with Gasteiger partial charge in [-0.2, -0.15) is 0 Å². The van der Waals surface area contributed by atoms with E-state index in [4.69, 9.17) is 0 Å². The molecule has 2 aromatic rings. The van der Waals surface area contributed by atoms with Gasteiger partial charge in [0.25, 0.3) is 0 Å². The highest BCUT2D eigenvalue weighted by Crippen LogP contribution is 2.24. The van der Waals surface area contributed by atoms with E-state index in [9.17, 15) is 9.18 Å². The normalized spacial score (nSPS) is 10.6. The maximum atomic E-state index is 13.7. The van der Waals surface area contributed by atoms with Gasteiger partial charge in [0.05, 0.1) is 5.52 Å². The van der Waals surface area contributed by atoms with Gasteiger partial charge in [0.1, 0.15) is 5.82 Å². The van der Waals surface area contributed by atoms with Gasteiger partial charge in [-0.3, -0.25) is 4.79 Å². The Morgan fingerprint density at radius 3 is 2.94 bits per heavy atom. The molecule has 0 fully saturated rings. The highest BCUT2D eigenvalue weighted by atomic mass is 19.1. The molecule has 0 unspecified atom stereocenters. The lowest BCUT2D eigenvalue weighted by Crippen LogP contribution is -1.94. The van der Waals surface area contributed by atoms with E-state index in [0.29, 0.717) is 23.0 Å². The topological polar surface area (TPSA) is 22.0 Å². The van der Waals surface area contributed by atoms with E-state index in [1.807, 2.05) is 0 Å². The molecule has 82 valence electrons. The highest BCUT2D eigenvalue weighted by molar-refractivity contribution is 6.07. The van der Waals surface area contributed by atoms with E-state index in [2.05, 4.69) is 6.58 Å². The summed E-state index contributed by atoms with van der Waals surface area (Å²) in [5.41, 5.74) is 1.02. The van der Waals surface area contributed by atoms with Crippen LogP contribution in [0.15, 0.2) is 37.1 Å². The lowest BCUT2D eigenvalue weighted by molar-refractivity contribution is 0.101. The van der Waals surface area contributed by atoms with Crippen LogP contribution in [0.1, 0.15) is 17.3 Å². The quantitative estimate of drug-likeness (QED) is 0.571. The summed E-state index contributed by atoms with van der Waals surface area (Å²) in [6.45, 7) is 5.59. The molecule has 1 aromatic heterocycles. The Kier molecular flexibility index (Phi) is 2.60. The fourth-order valence-electron chi connectivity index (χ4n) is 1.88. The molecule has 0 aliphatic rings. The number of hydrogen-bond acceptors (Lipinski definition) is 1. The SMILES string of the molecule is C=CCn1cc(C(C)=O)c2cccc(F)c21. The summed E-state index contributed by atoms with van der Waals surface area (Å²) >= 11 is 0. The first kappa shape index (κ1) is 10.6. The van der Waals surface area contributed by atoms with E-state index in [1.165, 1.54) is 13.0 Å². The average molecular weight is 217 g/mol. The fourth-order valence-corrected chi connectivity index (χ4v) is 1.88. The number of fused-ring (bicyclic) bond motifs is 1. The van der Waals surface area contributed by atoms with Gasteiger partial charge in [-0.15, -0.1) is 6.58 Å². The van der Waals surface area contributed by atoms with Gasteiger partial charge in [-0.05, 0) is 13.0 Å². The number of ketones is 1. The molecular weight excluding hydrogens is 205 g/mol. The monoisotopic (exact) mass is 217 g/mol. The van der Waals surface area contributed by atoms with E-state index >= 15 is 0 Å². The van der Waals surface area contributed by atoms with E-state index in [1.54, 1.807) is 29.0 Å². The number of halogens is 1. The fraction of sp³-hybridized carbons (Fsp3) is 0.154. The van der Waals surface area contributed by atoms with Crippen molar-refractivity contribution in [2.45, 2.75) is 13.5 Å². The largest absolute Gasteiger partial charge is 0.341 e. The number of carbonyl (C=O) groups is 1. The number of allylic oxidation sites excluding steroid dienone is 1. The van der Waals surface area contributed by atoms with Gasteiger partial charge in [0.2, 0.25) is 0 Å². The molecule has 16 heavy (non-hydrogen) atoms. The van der Waals surface area contributed by atoms with Crippen molar-refractivity contribution in [3.05, 3.63) is 48.4 Å². The standard InChI is InChI=1S/C13H12FNO/c1-3-7-15-8-11(9(2)16)10-5-4-6-12(14)13(10)15/h3-6,8H,1,7H2,2H3. The Hall–Kier alpha value is -1.90. The van der Waals surface area contributed by atoms with Crippen molar-refractivity contribution in [3.63, 3.8) is 0 Å². The zero-order chi connectivity index (χ0) is 11.7. The Balaban J connectivity index is 2.81. The van der Waals surface area contributed by atoms with Crippen molar-refractivity contribution in [2.24, 2.45) is 0 Å². The second-order valence-electron chi connectivity index (χ2n) is 3.68. The lowest BCUT2D eigenvalue weighted by Gasteiger charge is -2.01. The van der Waals surface area contributed by atoms with Crippen LogP contribution in [0.25, 0.3) is 10.9 Å². The van der Waals surface area contributed by atoms with Crippen LogP contribution < -0.4 is 0 Å². The molecule has 0 saturated carbocycles. The van der Waals surface area contributed by atoms with E-state index in [-0.39, 0.29) is 11.6 Å². The van der Waals surface area contributed by atoms with E-state index < -0.39 is 0 Å². The lowest BCUT2D eigenvalue weighted by atomic mass is 10.1. The molecule has 3 heteroatoms. The van der Waals surface area contributed by atoms with Crippen molar-refractivity contribution in [3.8, 4) is 0 Å². The molecular formula is C13H12FNO. The molecule has 1 aromatic carbocycles. The third-order valence-corrected chi connectivity index (χ3v) is 2.55. The summed E-state index contributed by atoms with van der Waals surface area (Å²) in [4.78, 5) is 11.4. The van der Waals surface area contributed by atoms with Crippen molar-refractivity contribution in [1.29, 1.82) is 0 Å². The molecule has 2 rings (SSSR count). The Labute approximate surface area is 93.0 Å². The molecule has 0 atom stereocenters. The Bertz CT molecular complexity index is 569. The van der Waals surface area contributed by atoms with Crippen molar-refractivity contribution in [1.82, 2.24) is 4.57 Å². The maximum absolute atomic E-state index is 13.7. The van der Waals surface area contributed by atoms with Crippen LogP contribution in [0.2, 0.25) is 0 Å². The first-order chi connectivity index (χ1) is 7.65. The van der Waals surface area contributed by atoms with Gasteiger partial charge in [-0.1, -0.05) is 18.2 Å². The summed E-state index contributed by atoms with van der Waals surface area (Å²) in [5.74, 6) is -0.370. The number of rotatable bonds is 3. The van der Waals surface area contributed by atoms with Gasteiger partial charge in [0.15, 0.2) is 5.78 Å². The molecule has 0 spiro atoms. The number of hydrogen-bond donors (Lipinski definition) is 0. The molecule has 0 amide bonds. The first-order valence-corrected chi connectivity index (χ1v) is 5.04. The number of benzene rings is 1. The Morgan fingerprint density at radius 1 is 1.56 bits per heavy atom. The smallest absolute Gasteiger partial charge is 0.161 e. The summed E-state index contributed by atoms with van der Waals surface area (Å²) in [6.07, 6.45) is 3.35. The van der Waals surface area contributed by atoms with Crippen molar-refractivity contribution < 1.29 is 9.18 Å². The predicted octanol–water partition coefficient (Wildman–Crippen LogP) is 3.17. The van der Waals surface area contributed by atoms with Crippen LogP contribution in [-0.4, -0.2) is 10.4 Å². The van der Waals surface area contributed by atoms with Gasteiger partial charge >= 0.3 is 0 Å². The summed E-state index contributed by atoms with van der Waals surface area (Å²) in [7, 11) is 0. The zero-order valence-corrected chi connectivity index (χ0v) is 9.03. The first-order valence-electron chi connectivity index (χ1n) is 5.04. The van der Waals surface area contributed by atoms with Crippen molar-refractivity contribution in [2.75, 3.05) is 0 Å².